The first kappa shape index (κ1) is 10.8. The van der Waals surface area contributed by atoms with Crippen LogP contribution in [0.5, 0.6) is 0 Å². The second-order valence-corrected chi connectivity index (χ2v) is 7.31. The maximum atomic E-state index is 6.02. The summed E-state index contributed by atoms with van der Waals surface area (Å²) in [7, 11) is 0. The molecule has 0 aromatic heterocycles. The lowest BCUT2D eigenvalue weighted by molar-refractivity contribution is 0.280. The third-order valence-corrected chi connectivity index (χ3v) is 6.55. The van der Waals surface area contributed by atoms with Gasteiger partial charge in [0.1, 0.15) is 0 Å². The molecule has 0 radical (unpaired) electrons. The van der Waals surface area contributed by atoms with E-state index in [-0.39, 0.29) is 0 Å². The first-order chi connectivity index (χ1) is 8.33. The second kappa shape index (κ2) is 3.71. The van der Waals surface area contributed by atoms with Crippen LogP contribution in [0.25, 0.3) is 0 Å². The molecular formula is C15H26N2. The minimum absolute atomic E-state index is 0.468. The van der Waals surface area contributed by atoms with Crippen LogP contribution < -0.4 is 11.1 Å². The van der Waals surface area contributed by atoms with E-state index >= 15 is 0 Å². The Morgan fingerprint density at radius 3 is 2.29 bits per heavy atom. The monoisotopic (exact) mass is 234 g/mol. The van der Waals surface area contributed by atoms with Gasteiger partial charge in [0.15, 0.2) is 0 Å². The summed E-state index contributed by atoms with van der Waals surface area (Å²) >= 11 is 0. The Labute approximate surface area is 105 Å². The third-order valence-electron chi connectivity index (χ3n) is 6.55. The number of hydrogen-bond donors (Lipinski definition) is 2. The predicted molar refractivity (Wildman–Crippen MR) is 69.6 cm³/mol. The van der Waals surface area contributed by atoms with Crippen molar-refractivity contribution in [3.05, 3.63) is 0 Å². The standard InChI is InChI=1S/C15H26N2/c16-8-15(5-1-2-6-15)9-17-14-12-10-3-4-11(7-10)13(12)14/h10-14,17H,1-9,16H2. The lowest BCUT2D eigenvalue weighted by atomic mass is 9.86. The average Bonchev–Trinajstić information content (AvgIpc) is 2.82. The van der Waals surface area contributed by atoms with Gasteiger partial charge in [0.2, 0.25) is 0 Å². The largest absolute Gasteiger partial charge is 0.330 e. The molecule has 4 saturated carbocycles. The van der Waals surface area contributed by atoms with Crippen LogP contribution in [0.2, 0.25) is 0 Å². The highest BCUT2D eigenvalue weighted by atomic mass is 15.0. The van der Waals surface area contributed by atoms with Gasteiger partial charge in [0.05, 0.1) is 0 Å². The Morgan fingerprint density at radius 1 is 1.06 bits per heavy atom. The third kappa shape index (κ3) is 1.53. The first-order valence-corrected chi connectivity index (χ1v) is 7.76. The van der Waals surface area contributed by atoms with Crippen LogP contribution in [0.4, 0.5) is 0 Å². The van der Waals surface area contributed by atoms with Crippen LogP contribution in [0.1, 0.15) is 44.9 Å². The molecule has 0 aliphatic heterocycles. The van der Waals surface area contributed by atoms with E-state index in [0.717, 1.165) is 36.3 Å². The molecule has 4 atom stereocenters. The zero-order valence-electron chi connectivity index (χ0n) is 10.8. The van der Waals surface area contributed by atoms with Crippen LogP contribution in [0, 0.1) is 29.1 Å². The molecule has 0 amide bonds. The normalized spacial score (nSPS) is 49.6. The first-order valence-electron chi connectivity index (χ1n) is 7.76. The van der Waals surface area contributed by atoms with Crippen LogP contribution in [0.15, 0.2) is 0 Å². The quantitative estimate of drug-likeness (QED) is 0.782. The summed E-state index contributed by atoms with van der Waals surface area (Å²) in [6.45, 7) is 2.11. The van der Waals surface area contributed by atoms with E-state index in [1.807, 2.05) is 0 Å². The highest BCUT2D eigenvalue weighted by Gasteiger charge is 2.64. The highest BCUT2D eigenvalue weighted by Crippen LogP contribution is 2.65. The molecular weight excluding hydrogens is 208 g/mol. The maximum absolute atomic E-state index is 6.02. The van der Waals surface area contributed by atoms with Gasteiger partial charge in [-0.05, 0) is 67.7 Å². The molecule has 4 aliphatic rings. The fraction of sp³-hybridized carbons (Fsp3) is 1.00. The van der Waals surface area contributed by atoms with Gasteiger partial charge in [-0.1, -0.05) is 12.8 Å². The van der Waals surface area contributed by atoms with E-state index in [9.17, 15) is 0 Å². The molecule has 0 heterocycles. The summed E-state index contributed by atoms with van der Waals surface area (Å²) in [5.74, 6) is 4.34. The van der Waals surface area contributed by atoms with Crippen molar-refractivity contribution in [3.8, 4) is 0 Å². The van der Waals surface area contributed by atoms with Crippen LogP contribution in [-0.2, 0) is 0 Å². The van der Waals surface area contributed by atoms with Crippen molar-refractivity contribution >= 4 is 0 Å². The van der Waals surface area contributed by atoms with Crippen molar-refractivity contribution in [2.75, 3.05) is 13.1 Å². The molecule has 0 aromatic carbocycles. The Morgan fingerprint density at radius 2 is 1.71 bits per heavy atom. The second-order valence-electron chi connectivity index (χ2n) is 7.31. The Kier molecular flexibility index (Phi) is 2.36. The summed E-state index contributed by atoms with van der Waals surface area (Å²) in [5.41, 5.74) is 6.49. The van der Waals surface area contributed by atoms with Gasteiger partial charge in [-0.15, -0.1) is 0 Å². The van der Waals surface area contributed by atoms with Crippen molar-refractivity contribution in [2.45, 2.75) is 51.0 Å². The summed E-state index contributed by atoms with van der Waals surface area (Å²) in [6, 6.07) is 0.894. The Bertz CT molecular complexity index is 292. The average molecular weight is 234 g/mol. The summed E-state index contributed by atoms with van der Waals surface area (Å²) in [6.07, 6.45) is 10.2. The van der Waals surface area contributed by atoms with Crippen molar-refractivity contribution in [3.63, 3.8) is 0 Å². The van der Waals surface area contributed by atoms with E-state index < -0.39 is 0 Å². The minimum atomic E-state index is 0.468. The van der Waals surface area contributed by atoms with Crippen molar-refractivity contribution in [1.29, 1.82) is 0 Å². The number of fused-ring (bicyclic) bond motifs is 5. The molecule has 0 saturated heterocycles. The molecule has 4 aliphatic carbocycles. The topological polar surface area (TPSA) is 38.0 Å². The fourth-order valence-electron chi connectivity index (χ4n) is 5.51. The summed E-state index contributed by atoms with van der Waals surface area (Å²) < 4.78 is 0. The van der Waals surface area contributed by atoms with Crippen LogP contribution in [-0.4, -0.2) is 19.1 Å². The van der Waals surface area contributed by atoms with E-state index in [2.05, 4.69) is 5.32 Å². The lowest BCUT2D eigenvalue weighted by Crippen LogP contribution is -2.40. The van der Waals surface area contributed by atoms with Crippen molar-refractivity contribution in [2.24, 2.45) is 34.8 Å². The molecule has 2 bridgehead atoms. The molecule has 4 unspecified atom stereocenters. The van der Waals surface area contributed by atoms with Gasteiger partial charge in [0.25, 0.3) is 0 Å². The lowest BCUT2D eigenvalue weighted by Gasteiger charge is -2.28. The van der Waals surface area contributed by atoms with Gasteiger partial charge < -0.3 is 11.1 Å². The molecule has 2 nitrogen and oxygen atoms in total. The molecule has 3 N–H and O–H groups in total. The van der Waals surface area contributed by atoms with Gasteiger partial charge in [0, 0.05) is 12.6 Å². The van der Waals surface area contributed by atoms with Gasteiger partial charge in [-0.3, -0.25) is 0 Å². The van der Waals surface area contributed by atoms with E-state index in [4.69, 9.17) is 5.73 Å². The highest BCUT2D eigenvalue weighted by molar-refractivity contribution is 5.17. The zero-order valence-corrected chi connectivity index (χ0v) is 10.8. The van der Waals surface area contributed by atoms with Gasteiger partial charge in [-0.2, -0.15) is 0 Å². The molecule has 17 heavy (non-hydrogen) atoms. The summed E-state index contributed by atoms with van der Waals surface area (Å²) in [5, 5.41) is 3.91. The zero-order chi connectivity index (χ0) is 11.5. The molecule has 4 rings (SSSR count). The number of rotatable bonds is 4. The van der Waals surface area contributed by atoms with E-state index in [1.54, 1.807) is 6.42 Å². The fourth-order valence-corrected chi connectivity index (χ4v) is 5.51. The molecule has 0 spiro atoms. The molecule has 4 fully saturated rings. The maximum Gasteiger partial charge on any atom is 0.0136 e. The van der Waals surface area contributed by atoms with Crippen molar-refractivity contribution < 1.29 is 0 Å². The number of hydrogen-bond acceptors (Lipinski definition) is 2. The Hall–Kier alpha value is -0.0800. The SMILES string of the molecule is NCC1(CNC2C3C4CCC(C4)C23)CCCC1. The Balaban J connectivity index is 1.35. The predicted octanol–water partition coefficient (Wildman–Crippen LogP) is 2.14. The van der Waals surface area contributed by atoms with Crippen LogP contribution in [0.3, 0.4) is 0 Å². The number of nitrogens with one attached hydrogen (secondary N) is 1. The van der Waals surface area contributed by atoms with Gasteiger partial charge in [-0.25, -0.2) is 0 Å². The van der Waals surface area contributed by atoms with Crippen LogP contribution >= 0.6 is 0 Å². The summed E-state index contributed by atoms with van der Waals surface area (Å²) in [4.78, 5) is 0. The van der Waals surface area contributed by atoms with E-state index in [0.29, 0.717) is 5.41 Å². The van der Waals surface area contributed by atoms with Gasteiger partial charge >= 0.3 is 0 Å². The van der Waals surface area contributed by atoms with E-state index in [1.165, 1.54) is 45.1 Å². The molecule has 2 heteroatoms. The number of nitrogens with two attached hydrogens (primary N) is 1. The van der Waals surface area contributed by atoms with Crippen molar-refractivity contribution in [1.82, 2.24) is 5.32 Å². The molecule has 96 valence electrons. The molecule has 0 aromatic rings. The minimum Gasteiger partial charge on any atom is -0.330 e. The smallest absolute Gasteiger partial charge is 0.0136 e.